The summed E-state index contributed by atoms with van der Waals surface area (Å²) in [5.41, 5.74) is 0.556. The molecule has 0 aliphatic rings. The van der Waals surface area contributed by atoms with Crippen LogP contribution in [-0.2, 0) is 0 Å². The first-order valence-corrected chi connectivity index (χ1v) is 4.91. The Morgan fingerprint density at radius 1 is 1.36 bits per heavy atom. The van der Waals surface area contributed by atoms with Crippen LogP contribution in [0.25, 0.3) is 0 Å². The van der Waals surface area contributed by atoms with E-state index in [1.165, 1.54) is 0 Å². The molecule has 0 spiro atoms. The van der Waals surface area contributed by atoms with Crippen molar-refractivity contribution in [1.82, 2.24) is 4.98 Å². The van der Waals surface area contributed by atoms with Crippen molar-refractivity contribution in [2.45, 2.75) is 40.5 Å². The lowest BCUT2D eigenvalue weighted by atomic mass is 10.0. The molecule has 0 amide bonds. The molecule has 0 aromatic carbocycles. The van der Waals surface area contributed by atoms with Crippen molar-refractivity contribution >= 4 is 0 Å². The SMILES string of the molecule is CC.Cc1cc(C(C)C)c(F)c(=O)[nH]1. The number of H-pyrrole nitrogens is 1. The smallest absolute Gasteiger partial charge is 0.284 e. The first-order valence-electron chi connectivity index (χ1n) is 4.91. The molecule has 0 unspecified atom stereocenters. The standard InChI is InChI=1S/C9H12FNO.C2H6/c1-5(2)7-4-6(3)11-9(12)8(7)10;1-2/h4-5H,1-3H3,(H,11,12);1-2H3. The van der Waals surface area contributed by atoms with Crippen LogP contribution in [0.3, 0.4) is 0 Å². The summed E-state index contributed by atoms with van der Waals surface area (Å²) >= 11 is 0. The number of halogens is 1. The van der Waals surface area contributed by atoms with Gasteiger partial charge >= 0.3 is 0 Å². The third kappa shape index (κ3) is 2.98. The molecule has 1 heterocycles. The van der Waals surface area contributed by atoms with E-state index in [1.54, 1.807) is 13.0 Å². The second-order valence-corrected chi connectivity index (χ2v) is 3.21. The number of rotatable bonds is 1. The van der Waals surface area contributed by atoms with Gasteiger partial charge in [0, 0.05) is 5.69 Å². The normalized spacial score (nSPS) is 9.64. The lowest BCUT2D eigenvalue weighted by Gasteiger charge is -2.06. The summed E-state index contributed by atoms with van der Waals surface area (Å²) in [5.74, 6) is -0.610. The molecule has 0 atom stereocenters. The molecule has 0 saturated carbocycles. The molecule has 1 aromatic heterocycles. The first-order chi connectivity index (χ1) is 6.52. The number of pyridine rings is 1. The van der Waals surface area contributed by atoms with E-state index in [0.29, 0.717) is 11.3 Å². The van der Waals surface area contributed by atoms with E-state index in [-0.39, 0.29) is 5.92 Å². The van der Waals surface area contributed by atoms with Crippen LogP contribution in [0.15, 0.2) is 10.9 Å². The van der Waals surface area contributed by atoms with Crippen LogP contribution in [-0.4, -0.2) is 4.98 Å². The average Bonchev–Trinajstić information content (AvgIpc) is 2.14. The van der Waals surface area contributed by atoms with Gasteiger partial charge in [0.2, 0.25) is 0 Å². The molecule has 0 radical (unpaired) electrons. The fraction of sp³-hybridized carbons (Fsp3) is 0.545. The number of aryl methyl sites for hydroxylation is 1. The Labute approximate surface area is 84.2 Å². The fourth-order valence-electron chi connectivity index (χ4n) is 1.12. The van der Waals surface area contributed by atoms with Gasteiger partial charge in [-0.3, -0.25) is 4.79 Å². The minimum Gasteiger partial charge on any atom is -0.324 e. The molecule has 1 rings (SSSR count). The predicted octanol–water partition coefficient (Wildman–Crippen LogP) is 2.97. The number of nitrogens with one attached hydrogen (secondary N) is 1. The highest BCUT2D eigenvalue weighted by Crippen LogP contribution is 2.15. The summed E-state index contributed by atoms with van der Waals surface area (Å²) in [6, 6.07) is 1.67. The lowest BCUT2D eigenvalue weighted by molar-refractivity contribution is 0.578. The van der Waals surface area contributed by atoms with Crippen LogP contribution >= 0.6 is 0 Å². The zero-order chi connectivity index (χ0) is 11.3. The maximum atomic E-state index is 13.1. The summed E-state index contributed by atoms with van der Waals surface area (Å²) in [6.07, 6.45) is 0. The quantitative estimate of drug-likeness (QED) is 0.741. The van der Waals surface area contributed by atoms with Gasteiger partial charge in [-0.1, -0.05) is 27.7 Å². The van der Waals surface area contributed by atoms with Gasteiger partial charge < -0.3 is 4.98 Å². The highest BCUT2D eigenvalue weighted by atomic mass is 19.1. The number of aromatic amines is 1. The topological polar surface area (TPSA) is 32.9 Å². The molecule has 1 N–H and O–H groups in total. The van der Waals surface area contributed by atoms with E-state index < -0.39 is 11.4 Å². The Hall–Kier alpha value is -1.12. The first kappa shape index (κ1) is 12.9. The Kier molecular flexibility index (Phi) is 5.13. The predicted molar refractivity (Wildman–Crippen MR) is 57.2 cm³/mol. The molecular formula is C11H18FNO. The van der Waals surface area contributed by atoms with Crippen molar-refractivity contribution in [3.8, 4) is 0 Å². The van der Waals surface area contributed by atoms with E-state index in [1.807, 2.05) is 27.7 Å². The van der Waals surface area contributed by atoms with Crippen LogP contribution < -0.4 is 5.56 Å². The van der Waals surface area contributed by atoms with Crippen LogP contribution in [0.1, 0.15) is 44.9 Å². The Morgan fingerprint density at radius 3 is 2.29 bits per heavy atom. The van der Waals surface area contributed by atoms with Crippen LogP contribution in [0.2, 0.25) is 0 Å². The zero-order valence-corrected chi connectivity index (χ0v) is 9.44. The van der Waals surface area contributed by atoms with Crippen LogP contribution in [0.4, 0.5) is 4.39 Å². The molecule has 0 saturated heterocycles. The monoisotopic (exact) mass is 199 g/mol. The number of hydrogen-bond donors (Lipinski definition) is 1. The molecule has 0 aliphatic carbocycles. The molecule has 14 heavy (non-hydrogen) atoms. The van der Waals surface area contributed by atoms with Crippen molar-refractivity contribution < 1.29 is 4.39 Å². The third-order valence-corrected chi connectivity index (χ3v) is 1.76. The number of aromatic nitrogens is 1. The van der Waals surface area contributed by atoms with Gasteiger partial charge in [-0.2, -0.15) is 0 Å². The van der Waals surface area contributed by atoms with Crippen molar-refractivity contribution in [1.29, 1.82) is 0 Å². The number of hydrogen-bond acceptors (Lipinski definition) is 1. The van der Waals surface area contributed by atoms with E-state index in [4.69, 9.17) is 0 Å². The largest absolute Gasteiger partial charge is 0.324 e. The average molecular weight is 199 g/mol. The maximum absolute atomic E-state index is 13.1. The summed E-state index contributed by atoms with van der Waals surface area (Å²) < 4.78 is 13.1. The lowest BCUT2D eigenvalue weighted by Crippen LogP contribution is -2.15. The van der Waals surface area contributed by atoms with Crippen molar-refractivity contribution in [2.24, 2.45) is 0 Å². The van der Waals surface area contributed by atoms with Gasteiger partial charge in [0.1, 0.15) is 0 Å². The Morgan fingerprint density at radius 2 is 1.86 bits per heavy atom. The molecule has 80 valence electrons. The fourth-order valence-corrected chi connectivity index (χ4v) is 1.12. The van der Waals surface area contributed by atoms with Crippen molar-refractivity contribution in [3.05, 3.63) is 33.5 Å². The summed E-state index contributed by atoms with van der Waals surface area (Å²) in [4.78, 5) is 13.3. The second-order valence-electron chi connectivity index (χ2n) is 3.21. The van der Waals surface area contributed by atoms with E-state index in [9.17, 15) is 9.18 Å². The van der Waals surface area contributed by atoms with Gasteiger partial charge in [-0.25, -0.2) is 4.39 Å². The summed E-state index contributed by atoms with van der Waals surface area (Å²) in [5, 5.41) is 0. The van der Waals surface area contributed by atoms with Crippen molar-refractivity contribution in [2.75, 3.05) is 0 Å². The Bertz CT molecular complexity index is 342. The molecule has 0 bridgehead atoms. The van der Waals surface area contributed by atoms with Gasteiger partial charge in [0.25, 0.3) is 5.56 Å². The maximum Gasteiger partial charge on any atom is 0.284 e. The Balaban J connectivity index is 0.000000791. The molecule has 0 fully saturated rings. The van der Waals surface area contributed by atoms with Gasteiger partial charge in [0.15, 0.2) is 5.82 Å². The highest BCUT2D eigenvalue weighted by molar-refractivity contribution is 5.20. The van der Waals surface area contributed by atoms with E-state index >= 15 is 0 Å². The summed E-state index contributed by atoms with van der Waals surface area (Å²) in [6.45, 7) is 9.46. The van der Waals surface area contributed by atoms with Crippen LogP contribution in [0.5, 0.6) is 0 Å². The van der Waals surface area contributed by atoms with Gasteiger partial charge in [-0.15, -0.1) is 0 Å². The van der Waals surface area contributed by atoms with E-state index in [2.05, 4.69) is 4.98 Å². The van der Waals surface area contributed by atoms with Gasteiger partial charge in [-0.05, 0) is 24.5 Å². The molecule has 0 aliphatic heterocycles. The van der Waals surface area contributed by atoms with Crippen LogP contribution in [0, 0.1) is 12.7 Å². The molecule has 2 nitrogen and oxygen atoms in total. The third-order valence-electron chi connectivity index (χ3n) is 1.76. The minimum atomic E-state index is -0.657. The molecule has 3 heteroatoms. The van der Waals surface area contributed by atoms with Gasteiger partial charge in [0.05, 0.1) is 0 Å². The summed E-state index contributed by atoms with van der Waals surface area (Å²) in [7, 11) is 0. The molecule has 1 aromatic rings. The van der Waals surface area contributed by atoms with Crippen molar-refractivity contribution in [3.63, 3.8) is 0 Å². The molecular weight excluding hydrogens is 181 g/mol. The highest BCUT2D eigenvalue weighted by Gasteiger charge is 2.10. The second kappa shape index (κ2) is 5.58. The van der Waals surface area contributed by atoms with E-state index in [0.717, 1.165) is 0 Å². The zero-order valence-electron chi connectivity index (χ0n) is 9.44. The minimum absolute atomic E-state index is 0.0472.